The van der Waals surface area contributed by atoms with Crippen LogP contribution in [0.25, 0.3) is 5.65 Å². The maximum Gasteiger partial charge on any atom is 0.188 e. The van der Waals surface area contributed by atoms with E-state index in [2.05, 4.69) is 36.2 Å². The molecule has 2 N–H and O–H groups in total. The molecule has 0 unspecified atom stereocenters. The highest BCUT2D eigenvalue weighted by Crippen LogP contribution is 2.24. The van der Waals surface area contributed by atoms with Crippen molar-refractivity contribution < 1.29 is 5.11 Å². The minimum atomic E-state index is -0.00803. The molecule has 0 amide bonds. The summed E-state index contributed by atoms with van der Waals surface area (Å²) in [5.74, 6) is 0.627. The first-order valence-electron chi connectivity index (χ1n) is 5.08. The fraction of sp³-hybridized carbons (Fsp3) is 0.100. The van der Waals surface area contributed by atoms with Crippen LogP contribution in [0.4, 0.5) is 10.9 Å². The molecule has 3 aromatic heterocycles. The topological polar surface area (TPSA) is 75.3 Å². The molecular weight excluding hydrogens is 318 g/mol. The molecule has 0 aliphatic rings. The number of aliphatic hydroxyl groups excluding tert-OH is 1. The fourth-order valence-corrected chi connectivity index (χ4v) is 2.58. The molecule has 8 heteroatoms. The maximum atomic E-state index is 9.00. The number of rotatable bonds is 3. The van der Waals surface area contributed by atoms with Gasteiger partial charge in [0.25, 0.3) is 0 Å². The Balaban J connectivity index is 1.99. The zero-order chi connectivity index (χ0) is 12.5. The van der Waals surface area contributed by atoms with Crippen molar-refractivity contribution in [1.82, 2.24) is 19.4 Å². The molecule has 3 rings (SSSR count). The Bertz CT molecular complexity index is 694. The Hall–Kier alpha value is -1.51. The molecule has 0 saturated heterocycles. The van der Waals surface area contributed by atoms with Gasteiger partial charge in [0.2, 0.25) is 0 Å². The number of nitrogens with zero attached hydrogens (tertiary/aromatic N) is 4. The monoisotopic (exact) mass is 325 g/mol. The summed E-state index contributed by atoms with van der Waals surface area (Å²) in [4.78, 5) is 13.5. The Morgan fingerprint density at radius 2 is 2.22 bits per heavy atom. The van der Waals surface area contributed by atoms with Gasteiger partial charge in [-0.25, -0.2) is 15.0 Å². The molecule has 0 radical (unpaired) electrons. The first kappa shape index (κ1) is 11.6. The Labute approximate surface area is 114 Å². The van der Waals surface area contributed by atoms with Gasteiger partial charge in [-0.1, -0.05) is 11.3 Å². The molecule has 92 valence electrons. The predicted molar refractivity (Wildman–Crippen MR) is 72.0 cm³/mol. The number of nitrogens with one attached hydrogen (secondary N) is 1. The molecule has 0 aliphatic heterocycles. The highest BCUT2D eigenvalue weighted by atomic mass is 79.9. The van der Waals surface area contributed by atoms with E-state index >= 15 is 0 Å². The van der Waals surface area contributed by atoms with E-state index < -0.39 is 0 Å². The second-order valence-corrected chi connectivity index (χ2v) is 5.39. The molecule has 0 saturated carbocycles. The van der Waals surface area contributed by atoms with Gasteiger partial charge in [0, 0.05) is 18.6 Å². The van der Waals surface area contributed by atoms with Crippen LogP contribution in [-0.2, 0) is 6.61 Å². The maximum absolute atomic E-state index is 9.00. The molecule has 0 fully saturated rings. The van der Waals surface area contributed by atoms with Crippen LogP contribution in [-0.4, -0.2) is 24.5 Å². The Morgan fingerprint density at radius 1 is 1.33 bits per heavy atom. The van der Waals surface area contributed by atoms with Crippen LogP contribution >= 0.6 is 27.3 Å². The molecule has 18 heavy (non-hydrogen) atoms. The predicted octanol–water partition coefficient (Wildman–Crippen LogP) is 2.18. The van der Waals surface area contributed by atoms with Gasteiger partial charge in [-0.3, -0.25) is 4.40 Å². The number of halogens is 1. The number of aromatic nitrogens is 4. The van der Waals surface area contributed by atoms with E-state index in [-0.39, 0.29) is 6.61 Å². The first-order valence-corrected chi connectivity index (χ1v) is 6.69. The van der Waals surface area contributed by atoms with Gasteiger partial charge in [-0.2, -0.15) is 0 Å². The molecule has 6 nitrogen and oxygen atoms in total. The van der Waals surface area contributed by atoms with E-state index in [1.165, 1.54) is 11.3 Å². The van der Waals surface area contributed by atoms with Crippen LogP contribution in [0.2, 0.25) is 0 Å². The number of hydrogen-bond donors (Lipinski definition) is 2. The number of anilines is 2. The summed E-state index contributed by atoms with van der Waals surface area (Å²) in [7, 11) is 0. The molecule has 3 aromatic rings. The van der Waals surface area contributed by atoms with Gasteiger partial charge in [-0.15, -0.1) is 0 Å². The highest BCUT2D eigenvalue weighted by molar-refractivity contribution is 9.10. The molecule has 0 aromatic carbocycles. The third kappa shape index (κ3) is 1.98. The zero-order valence-corrected chi connectivity index (χ0v) is 11.4. The van der Waals surface area contributed by atoms with Crippen molar-refractivity contribution in [3.05, 3.63) is 34.3 Å². The lowest BCUT2D eigenvalue weighted by molar-refractivity contribution is 0.285. The Morgan fingerprint density at radius 3 is 3.00 bits per heavy atom. The number of hydrogen-bond acceptors (Lipinski definition) is 6. The van der Waals surface area contributed by atoms with Gasteiger partial charge < -0.3 is 10.4 Å². The van der Waals surface area contributed by atoms with Gasteiger partial charge in [0.15, 0.2) is 16.6 Å². The van der Waals surface area contributed by atoms with Gasteiger partial charge in [0.1, 0.15) is 4.60 Å². The van der Waals surface area contributed by atoms with Crippen molar-refractivity contribution in [1.29, 1.82) is 0 Å². The van der Waals surface area contributed by atoms with Crippen molar-refractivity contribution >= 4 is 43.9 Å². The summed E-state index contributed by atoms with van der Waals surface area (Å²) in [5.41, 5.74) is 0.713. The quantitative estimate of drug-likeness (QED) is 0.772. The lowest BCUT2D eigenvalue weighted by atomic mass is 10.6. The van der Waals surface area contributed by atoms with Crippen molar-refractivity contribution in [3.8, 4) is 0 Å². The van der Waals surface area contributed by atoms with Crippen LogP contribution in [0.3, 0.4) is 0 Å². The normalized spacial score (nSPS) is 11.0. The molecule has 0 bridgehead atoms. The minimum absolute atomic E-state index is 0.00803. The van der Waals surface area contributed by atoms with Crippen molar-refractivity contribution in [2.24, 2.45) is 0 Å². The molecular formula is C10H8BrN5OS. The lowest BCUT2D eigenvalue weighted by Crippen LogP contribution is -1.98. The van der Waals surface area contributed by atoms with E-state index in [4.69, 9.17) is 5.11 Å². The summed E-state index contributed by atoms with van der Waals surface area (Å²) in [6.45, 7) is -0.00803. The van der Waals surface area contributed by atoms with E-state index in [0.717, 1.165) is 9.48 Å². The SMILES string of the molecule is OCc1cnc(Nc2ncc(Br)n3ccnc23)s1. The largest absolute Gasteiger partial charge is 0.391 e. The second-order valence-electron chi connectivity index (χ2n) is 3.47. The van der Waals surface area contributed by atoms with Gasteiger partial charge in [0.05, 0.1) is 17.7 Å². The second kappa shape index (κ2) is 4.63. The smallest absolute Gasteiger partial charge is 0.188 e. The average Bonchev–Trinajstić information content (AvgIpc) is 3.01. The fourth-order valence-electron chi connectivity index (χ4n) is 1.52. The van der Waals surface area contributed by atoms with Crippen molar-refractivity contribution in [3.63, 3.8) is 0 Å². The summed E-state index contributed by atoms with van der Waals surface area (Å²) in [6.07, 6.45) is 6.87. The van der Waals surface area contributed by atoms with Crippen LogP contribution < -0.4 is 5.32 Å². The van der Waals surface area contributed by atoms with Crippen LogP contribution in [0.5, 0.6) is 0 Å². The van der Waals surface area contributed by atoms with Gasteiger partial charge >= 0.3 is 0 Å². The standard InChI is InChI=1S/C10H8BrN5OS/c11-7-4-13-8(9-12-1-2-16(7)9)15-10-14-3-6(5-17)18-10/h1-4,17H,5H2,(H,13,14,15). The third-order valence-electron chi connectivity index (χ3n) is 2.32. The highest BCUT2D eigenvalue weighted by Gasteiger charge is 2.09. The van der Waals surface area contributed by atoms with Crippen LogP contribution in [0, 0.1) is 0 Å². The Kier molecular flexibility index (Phi) is 2.98. The zero-order valence-electron chi connectivity index (χ0n) is 9.04. The molecule has 3 heterocycles. The summed E-state index contributed by atoms with van der Waals surface area (Å²) in [5, 5.41) is 12.8. The molecule has 0 spiro atoms. The van der Waals surface area contributed by atoms with Gasteiger partial charge in [-0.05, 0) is 15.9 Å². The third-order valence-corrected chi connectivity index (χ3v) is 3.80. The summed E-state index contributed by atoms with van der Waals surface area (Å²) >= 11 is 4.78. The number of thiazole rings is 1. The molecule has 0 atom stereocenters. The van der Waals surface area contributed by atoms with Crippen LogP contribution in [0.1, 0.15) is 4.88 Å². The molecule has 0 aliphatic carbocycles. The van der Waals surface area contributed by atoms with E-state index in [1.54, 1.807) is 18.6 Å². The lowest BCUT2D eigenvalue weighted by Gasteiger charge is -2.04. The van der Waals surface area contributed by atoms with Crippen LogP contribution in [0.15, 0.2) is 29.4 Å². The van der Waals surface area contributed by atoms with Crippen molar-refractivity contribution in [2.75, 3.05) is 5.32 Å². The first-order chi connectivity index (χ1) is 8.78. The average molecular weight is 326 g/mol. The van der Waals surface area contributed by atoms with E-state index in [9.17, 15) is 0 Å². The van der Waals surface area contributed by atoms with E-state index in [0.29, 0.717) is 16.6 Å². The van der Waals surface area contributed by atoms with E-state index in [1.807, 2.05) is 10.6 Å². The number of aliphatic hydroxyl groups is 1. The number of fused-ring (bicyclic) bond motifs is 1. The number of imidazole rings is 1. The summed E-state index contributed by atoms with van der Waals surface area (Å²) in [6, 6.07) is 0. The minimum Gasteiger partial charge on any atom is -0.391 e. The summed E-state index contributed by atoms with van der Waals surface area (Å²) < 4.78 is 2.70. The van der Waals surface area contributed by atoms with Crippen molar-refractivity contribution in [2.45, 2.75) is 6.61 Å².